The summed E-state index contributed by atoms with van der Waals surface area (Å²) in [6.45, 7) is 6.89. The normalized spacial score (nSPS) is 11.4. The highest BCUT2D eigenvalue weighted by Gasteiger charge is 2.15. The summed E-state index contributed by atoms with van der Waals surface area (Å²) in [5, 5.41) is 14.1. The van der Waals surface area contributed by atoms with Crippen molar-refractivity contribution in [1.82, 2.24) is 15.5 Å². The molecule has 6 nitrogen and oxygen atoms in total. The van der Waals surface area contributed by atoms with E-state index in [1.54, 1.807) is 6.20 Å². The van der Waals surface area contributed by atoms with Gasteiger partial charge in [0.2, 0.25) is 0 Å². The maximum atomic E-state index is 11.4. The molecule has 1 aromatic carbocycles. The standard InChI is InChI=1S/C15H22N4O2/c1-15(2,3)21-14(20)17-8-4-7-16-12-6-5-11-10-18-19-13(11)9-12/h5-6,9-10,16H,4,7-8H2,1-3H3,(H,17,20)(H,18,19). The second-order valence-corrected chi connectivity index (χ2v) is 5.88. The van der Waals surface area contributed by atoms with E-state index < -0.39 is 5.60 Å². The van der Waals surface area contributed by atoms with Crippen LogP contribution >= 0.6 is 0 Å². The van der Waals surface area contributed by atoms with Crippen LogP contribution in [-0.2, 0) is 4.74 Å². The molecule has 0 spiro atoms. The number of anilines is 1. The fourth-order valence-electron chi connectivity index (χ4n) is 1.87. The van der Waals surface area contributed by atoms with E-state index in [1.165, 1.54) is 0 Å². The van der Waals surface area contributed by atoms with Crippen LogP contribution < -0.4 is 10.6 Å². The van der Waals surface area contributed by atoms with Crippen LogP contribution in [0.25, 0.3) is 10.9 Å². The summed E-state index contributed by atoms with van der Waals surface area (Å²) >= 11 is 0. The highest BCUT2D eigenvalue weighted by atomic mass is 16.6. The lowest BCUT2D eigenvalue weighted by molar-refractivity contribution is 0.0528. The molecule has 0 radical (unpaired) electrons. The number of hydrogen-bond donors (Lipinski definition) is 3. The summed E-state index contributed by atoms with van der Waals surface area (Å²) in [7, 11) is 0. The predicted molar refractivity (Wildman–Crippen MR) is 83.4 cm³/mol. The van der Waals surface area contributed by atoms with E-state index >= 15 is 0 Å². The van der Waals surface area contributed by atoms with Gasteiger partial charge >= 0.3 is 6.09 Å². The van der Waals surface area contributed by atoms with Gasteiger partial charge in [0.1, 0.15) is 5.60 Å². The Morgan fingerprint density at radius 2 is 2.14 bits per heavy atom. The summed E-state index contributed by atoms with van der Waals surface area (Å²) in [5.41, 5.74) is 1.58. The smallest absolute Gasteiger partial charge is 0.407 e. The van der Waals surface area contributed by atoms with E-state index in [4.69, 9.17) is 4.74 Å². The number of nitrogens with one attached hydrogen (secondary N) is 3. The van der Waals surface area contributed by atoms with Crippen molar-refractivity contribution in [2.75, 3.05) is 18.4 Å². The Bertz CT molecular complexity index is 601. The lowest BCUT2D eigenvalue weighted by Crippen LogP contribution is -2.33. The lowest BCUT2D eigenvalue weighted by Gasteiger charge is -2.19. The van der Waals surface area contributed by atoms with Gasteiger partial charge in [0.15, 0.2) is 0 Å². The molecule has 0 aliphatic heterocycles. The van der Waals surface area contributed by atoms with Gasteiger partial charge in [-0.15, -0.1) is 0 Å². The zero-order chi connectivity index (χ0) is 15.3. The summed E-state index contributed by atoms with van der Waals surface area (Å²) in [5.74, 6) is 0. The van der Waals surface area contributed by atoms with Gasteiger partial charge < -0.3 is 15.4 Å². The van der Waals surface area contributed by atoms with Crippen molar-refractivity contribution in [3.8, 4) is 0 Å². The minimum absolute atomic E-state index is 0.374. The van der Waals surface area contributed by atoms with Crippen molar-refractivity contribution >= 4 is 22.7 Å². The summed E-state index contributed by atoms with van der Waals surface area (Å²) in [6, 6.07) is 6.04. The van der Waals surface area contributed by atoms with Gasteiger partial charge in [-0.25, -0.2) is 4.79 Å². The Morgan fingerprint density at radius 1 is 1.33 bits per heavy atom. The van der Waals surface area contributed by atoms with Crippen LogP contribution in [0.15, 0.2) is 24.4 Å². The molecule has 6 heteroatoms. The van der Waals surface area contributed by atoms with Crippen LogP contribution in [-0.4, -0.2) is 35.0 Å². The van der Waals surface area contributed by atoms with E-state index in [0.29, 0.717) is 6.54 Å². The van der Waals surface area contributed by atoms with Crippen LogP contribution in [0.3, 0.4) is 0 Å². The third kappa shape index (κ3) is 4.98. The van der Waals surface area contributed by atoms with Crippen LogP contribution in [0.5, 0.6) is 0 Å². The first-order chi connectivity index (χ1) is 9.94. The number of aromatic nitrogens is 2. The van der Waals surface area contributed by atoms with Gasteiger partial charge in [-0.3, -0.25) is 5.10 Å². The third-order valence-corrected chi connectivity index (χ3v) is 2.79. The molecule has 0 bridgehead atoms. The Morgan fingerprint density at radius 3 is 2.90 bits per heavy atom. The largest absolute Gasteiger partial charge is 0.444 e. The first-order valence-electron chi connectivity index (χ1n) is 7.08. The number of carbonyl (C=O) groups excluding carboxylic acids is 1. The van der Waals surface area contributed by atoms with Crippen molar-refractivity contribution < 1.29 is 9.53 Å². The number of ether oxygens (including phenoxy) is 1. The molecular formula is C15H22N4O2. The minimum atomic E-state index is -0.457. The molecular weight excluding hydrogens is 268 g/mol. The number of carbonyl (C=O) groups is 1. The molecule has 1 amide bonds. The number of benzene rings is 1. The maximum absolute atomic E-state index is 11.4. The van der Waals surface area contributed by atoms with Gasteiger partial charge in [0.25, 0.3) is 0 Å². The molecule has 0 saturated carbocycles. The molecule has 1 aromatic heterocycles. The summed E-state index contributed by atoms with van der Waals surface area (Å²) in [4.78, 5) is 11.4. The Labute approximate surface area is 124 Å². The zero-order valence-electron chi connectivity index (χ0n) is 12.7. The Balaban J connectivity index is 1.66. The number of amides is 1. The lowest BCUT2D eigenvalue weighted by atomic mass is 10.2. The highest BCUT2D eigenvalue weighted by Crippen LogP contribution is 2.16. The number of hydrogen-bond acceptors (Lipinski definition) is 4. The van der Waals surface area contributed by atoms with E-state index in [-0.39, 0.29) is 6.09 Å². The molecule has 2 aromatic rings. The number of alkyl carbamates (subject to hydrolysis) is 1. The number of aromatic amines is 1. The van der Waals surface area contributed by atoms with Crippen molar-refractivity contribution in [1.29, 1.82) is 0 Å². The fourth-order valence-corrected chi connectivity index (χ4v) is 1.87. The average Bonchev–Trinajstić information content (AvgIpc) is 2.83. The van der Waals surface area contributed by atoms with E-state index in [1.807, 2.05) is 39.0 Å². The zero-order valence-corrected chi connectivity index (χ0v) is 12.7. The molecule has 0 fully saturated rings. The van der Waals surface area contributed by atoms with Gasteiger partial charge in [-0.05, 0) is 45.4 Å². The third-order valence-electron chi connectivity index (χ3n) is 2.79. The van der Waals surface area contributed by atoms with Crippen LogP contribution in [0.4, 0.5) is 10.5 Å². The van der Waals surface area contributed by atoms with Crippen LogP contribution in [0.1, 0.15) is 27.2 Å². The Hall–Kier alpha value is -2.24. The SMILES string of the molecule is CC(C)(C)OC(=O)NCCCNc1ccc2cn[nH]c2c1. The van der Waals surface area contributed by atoms with Crippen LogP contribution in [0, 0.1) is 0 Å². The summed E-state index contributed by atoms with van der Waals surface area (Å²) < 4.78 is 5.16. The monoisotopic (exact) mass is 290 g/mol. The van der Waals surface area contributed by atoms with E-state index in [0.717, 1.165) is 29.6 Å². The fraction of sp³-hybridized carbons (Fsp3) is 0.467. The maximum Gasteiger partial charge on any atom is 0.407 e. The number of rotatable bonds is 5. The van der Waals surface area contributed by atoms with Gasteiger partial charge in [-0.1, -0.05) is 0 Å². The van der Waals surface area contributed by atoms with Crippen molar-refractivity contribution in [2.45, 2.75) is 32.8 Å². The van der Waals surface area contributed by atoms with Gasteiger partial charge in [0.05, 0.1) is 11.7 Å². The second-order valence-electron chi connectivity index (χ2n) is 5.88. The minimum Gasteiger partial charge on any atom is -0.444 e. The van der Waals surface area contributed by atoms with Crippen molar-refractivity contribution in [2.24, 2.45) is 0 Å². The first-order valence-corrected chi connectivity index (χ1v) is 7.08. The molecule has 0 unspecified atom stereocenters. The highest BCUT2D eigenvalue weighted by molar-refractivity contribution is 5.81. The first kappa shape index (κ1) is 15.2. The Kier molecular flexibility index (Phi) is 4.67. The molecule has 1 heterocycles. The van der Waals surface area contributed by atoms with E-state index in [9.17, 15) is 4.79 Å². The molecule has 0 aliphatic rings. The van der Waals surface area contributed by atoms with Gasteiger partial charge in [-0.2, -0.15) is 5.10 Å². The van der Waals surface area contributed by atoms with Crippen molar-refractivity contribution in [3.63, 3.8) is 0 Å². The topological polar surface area (TPSA) is 79.0 Å². The van der Waals surface area contributed by atoms with Crippen molar-refractivity contribution in [3.05, 3.63) is 24.4 Å². The summed E-state index contributed by atoms with van der Waals surface area (Å²) in [6.07, 6.45) is 2.24. The molecule has 0 aliphatic carbocycles. The molecule has 0 saturated heterocycles. The van der Waals surface area contributed by atoms with Crippen LogP contribution in [0.2, 0.25) is 0 Å². The number of nitrogens with zero attached hydrogens (tertiary/aromatic N) is 1. The molecule has 114 valence electrons. The predicted octanol–water partition coefficient (Wildman–Crippen LogP) is 2.89. The molecule has 21 heavy (non-hydrogen) atoms. The second kappa shape index (κ2) is 6.47. The quantitative estimate of drug-likeness (QED) is 0.740. The number of H-pyrrole nitrogens is 1. The molecule has 2 rings (SSSR count). The number of fused-ring (bicyclic) bond motifs is 1. The van der Waals surface area contributed by atoms with Gasteiger partial charge in [0, 0.05) is 24.2 Å². The molecule has 0 atom stereocenters. The molecule has 3 N–H and O–H groups in total. The average molecular weight is 290 g/mol. The van der Waals surface area contributed by atoms with E-state index in [2.05, 4.69) is 20.8 Å².